The van der Waals surface area contributed by atoms with Crippen molar-refractivity contribution in [3.05, 3.63) is 89.6 Å². The summed E-state index contributed by atoms with van der Waals surface area (Å²) in [5.74, 6) is 1.67. The Morgan fingerprint density at radius 2 is 1.65 bits per heavy atom. The highest BCUT2D eigenvalue weighted by Crippen LogP contribution is 2.36. The van der Waals surface area contributed by atoms with Crippen molar-refractivity contribution in [1.82, 2.24) is 14.5 Å². The normalized spacial score (nSPS) is 10.8. The third-order valence-electron chi connectivity index (χ3n) is 6.31. The average molecular weight is 489 g/mol. The minimum Gasteiger partial charge on any atom is -0.436 e. The van der Waals surface area contributed by atoms with Gasteiger partial charge in [0.1, 0.15) is 11.3 Å². The van der Waals surface area contributed by atoms with Gasteiger partial charge in [-0.15, -0.1) is 0 Å². The second-order valence-corrected chi connectivity index (χ2v) is 9.31. The van der Waals surface area contributed by atoms with Gasteiger partial charge in [-0.2, -0.15) is 10.2 Å². The van der Waals surface area contributed by atoms with Crippen molar-refractivity contribution in [2.75, 3.05) is 24.3 Å². The van der Waals surface area contributed by atoms with Crippen LogP contribution >= 0.6 is 0 Å². The Morgan fingerprint density at radius 1 is 0.919 bits per heavy atom. The molecule has 0 aliphatic heterocycles. The Balaban J connectivity index is 1.51. The Labute approximate surface area is 216 Å². The molecule has 0 radical (unpaired) electrons. The van der Waals surface area contributed by atoms with Gasteiger partial charge in [-0.25, -0.2) is 4.98 Å². The standard InChI is InChI=1S/C30H28N6O/c1-19-15-23(22-7-6-8-25(17-22)35(3)4)16-20(2)28(19)37-29-27-26(13-14-36(27)5)33-30(34-29)32-24-11-9-21(18-31)10-12-24/h6-17H,1-5H3,(H,32,33,34). The van der Waals surface area contributed by atoms with E-state index in [1.165, 1.54) is 0 Å². The van der Waals surface area contributed by atoms with Crippen LogP contribution in [-0.2, 0) is 7.05 Å². The molecule has 7 nitrogen and oxygen atoms in total. The highest BCUT2D eigenvalue weighted by molar-refractivity contribution is 5.83. The fraction of sp³-hybridized carbons (Fsp3) is 0.167. The number of rotatable bonds is 6. The predicted octanol–water partition coefficient (Wildman–Crippen LogP) is 6.73. The molecular formula is C30H28N6O. The van der Waals surface area contributed by atoms with Gasteiger partial charge < -0.3 is 19.5 Å². The monoisotopic (exact) mass is 488 g/mol. The van der Waals surface area contributed by atoms with E-state index in [2.05, 4.69) is 71.5 Å². The summed E-state index contributed by atoms with van der Waals surface area (Å²) in [6.45, 7) is 4.11. The van der Waals surface area contributed by atoms with Crippen LogP contribution < -0.4 is 15.0 Å². The molecule has 7 heteroatoms. The van der Waals surface area contributed by atoms with Crippen LogP contribution in [0, 0.1) is 25.2 Å². The number of fused-ring (bicyclic) bond motifs is 1. The second kappa shape index (κ2) is 9.67. The highest BCUT2D eigenvalue weighted by atomic mass is 16.5. The molecule has 2 aromatic heterocycles. The summed E-state index contributed by atoms with van der Waals surface area (Å²) in [6, 6.07) is 24.0. The minimum absolute atomic E-state index is 0.422. The molecular weight excluding hydrogens is 460 g/mol. The molecule has 0 unspecified atom stereocenters. The maximum atomic E-state index is 9.06. The van der Waals surface area contributed by atoms with Crippen LogP contribution in [0.25, 0.3) is 22.2 Å². The number of hydrogen-bond acceptors (Lipinski definition) is 6. The SMILES string of the molecule is Cc1cc(-c2cccc(N(C)C)c2)cc(C)c1Oc1nc(Nc2ccc(C#N)cc2)nc2ccn(C)c12. The molecule has 0 spiro atoms. The molecule has 3 aromatic carbocycles. The van der Waals surface area contributed by atoms with Crippen LogP contribution in [0.5, 0.6) is 11.6 Å². The molecule has 0 bridgehead atoms. The lowest BCUT2D eigenvalue weighted by molar-refractivity contribution is 0.459. The Bertz CT molecular complexity index is 1620. The smallest absolute Gasteiger partial charge is 0.249 e. The summed E-state index contributed by atoms with van der Waals surface area (Å²) in [6.07, 6.45) is 1.94. The maximum absolute atomic E-state index is 9.06. The van der Waals surface area contributed by atoms with Crippen LogP contribution in [0.15, 0.2) is 72.9 Å². The summed E-state index contributed by atoms with van der Waals surface area (Å²) < 4.78 is 8.46. The van der Waals surface area contributed by atoms with Crippen molar-refractivity contribution < 1.29 is 4.74 Å². The van der Waals surface area contributed by atoms with Crippen molar-refractivity contribution in [1.29, 1.82) is 5.26 Å². The van der Waals surface area contributed by atoms with Gasteiger partial charge in [-0.3, -0.25) is 0 Å². The Morgan fingerprint density at radius 3 is 2.32 bits per heavy atom. The molecule has 0 aliphatic carbocycles. The van der Waals surface area contributed by atoms with Gasteiger partial charge >= 0.3 is 0 Å². The fourth-order valence-electron chi connectivity index (χ4n) is 4.38. The summed E-state index contributed by atoms with van der Waals surface area (Å²) in [5, 5.41) is 12.3. The zero-order valence-electron chi connectivity index (χ0n) is 21.6. The zero-order valence-corrected chi connectivity index (χ0v) is 21.6. The number of aromatic nitrogens is 3. The van der Waals surface area contributed by atoms with Crippen LogP contribution in [0.3, 0.4) is 0 Å². The van der Waals surface area contributed by atoms with Crippen LogP contribution in [0.2, 0.25) is 0 Å². The lowest BCUT2D eigenvalue weighted by Gasteiger charge is -2.17. The van der Waals surface area contributed by atoms with Crippen LogP contribution in [0.4, 0.5) is 17.3 Å². The number of ether oxygens (including phenoxy) is 1. The fourth-order valence-corrected chi connectivity index (χ4v) is 4.38. The molecule has 37 heavy (non-hydrogen) atoms. The van der Waals surface area contributed by atoms with Crippen molar-refractivity contribution in [2.45, 2.75) is 13.8 Å². The van der Waals surface area contributed by atoms with E-state index in [4.69, 9.17) is 15.0 Å². The highest BCUT2D eigenvalue weighted by Gasteiger charge is 2.17. The van der Waals surface area contributed by atoms with Crippen molar-refractivity contribution >= 4 is 28.4 Å². The van der Waals surface area contributed by atoms with Gasteiger partial charge in [0, 0.05) is 38.7 Å². The maximum Gasteiger partial charge on any atom is 0.249 e. The van der Waals surface area contributed by atoms with E-state index in [-0.39, 0.29) is 0 Å². The molecule has 0 amide bonds. The molecule has 1 N–H and O–H groups in total. The van der Waals surface area contributed by atoms with Crippen molar-refractivity contribution in [3.8, 4) is 28.8 Å². The average Bonchev–Trinajstić information content (AvgIpc) is 3.27. The lowest BCUT2D eigenvalue weighted by Crippen LogP contribution is -2.08. The zero-order chi connectivity index (χ0) is 26.1. The Hall–Kier alpha value is -4.83. The van der Waals surface area contributed by atoms with E-state index in [9.17, 15) is 0 Å². The van der Waals surface area contributed by atoms with Crippen molar-refractivity contribution in [3.63, 3.8) is 0 Å². The second-order valence-electron chi connectivity index (χ2n) is 9.31. The van der Waals surface area contributed by atoms with Crippen LogP contribution in [-0.4, -0.2) is 28.6 Å². The first-order valence-corrected chi connectivity index (χ1v) is 12.0. The van der Waals surface area contributed by atoms with Gasteiger partial charge in [0.05, 0.1) is 17.1 Å². The molecule has 2 heterocycles. The quantitative estimate of drug-likeness (QED) is 0.286. The van der Waals surface area contributed by atoms with Gasteiger partial charge in [0.2, 0.25) is 11.8 Å². The number of nitrogens with one attached hydrogen (secondary N) is 1. The lowest BCUT2D eigenvalue weighted by atomic mass is 9.99. The first-order chi connectivity index (χ1) is 17.8. The third-order valence-corrected chi connectivity index (χ3v) is 6.31. The third kappa shape index (κ3) is 4.82. The van der Waals surface area contributed by atoms with E-state index < -0.39 is 0 Å². The molecule has 0 fully saturated rings. The van der Waals surface area contributed by atoms with E-state index in [1.807, 2.05) is 50.1 Å². The number of nitriles is 1. The number of anilines is 3. The molecule has 0 saturated heterocycles. The largest absolute Gasteiger partial charge is 0.436 e. The van der Waals surface area contributed by atoms with E-state index in [0.717, 1.165) is 50.4 Å². The van der Waals surface area contributed by atoms with E-state index >= 15 is 0 Å². The van der Waals surface area contributed by atoms with Crippen molar-refractivity contribution in [2.24, 2.45) is 7.05 Å². The van der Waals surface area contributed by atoms with Gasteiger partial charge in [-0.1, -0.05) is 12.1 Å². The molecule has 5 rings (SSSR count). The first kappa shape index (κ1) is 23.9. The number of benzene rings is 3. The van der Waals surface area contributed by atoms with E-state index in [1.54, 1.807) is 12.1 Å². The first-order valence-electron chi connectivity index (χ1n) is 12.0. The molecule has 0 saturated carbocycles. The molecule has 184 valence electrons. The van der Waals surface area contributed by atoms with Gasteiger partial charge in [-0.05, 0) is 90.7 Å². The van der Waals surface area contributed by atoms with Gasteiger partial charge in [0.15, 0.2) is 0 Å². The minimum atomic E-state index is 0.422. The summed E-state index contributed by atoms with van der Waals surface area (Å²) in [7, 11) is 6.04. The van der Waals surface area contributed by atoms with E-state index in [0.29, 0.717) is 17.4 Å². The van der Waals surface area contributed by atoms with Gasteiger partial charge in [0.25, 0.3) is 0 Å². The molecule has 0 atom stereocenters. The summed E-state index contributed by atoms with van der Waals surface area (Å²) >= 11 is 0. The topological polar surface area (TPSA) is 79.0 Å². The number of aryl methyl sites for hydroxylation is 3. The van der Waals surface area contributed by atoms with Crippen LogP contribution in [0.1, 0.15) is 16.7 Å². The summed E-state index contributed by atoms with van der Waals surface area (Å²) in [4.78, 5) is 11.5. The Kier molecular flexibility index (Phi) is 6.24. The summed E-state index contributed by atoms with van der Waals surface area (Å²) in [5.41, 5.74) is 8.46. The number of nitrogens with zero attached hydrogens (tertiary/aromatic N) is 5. The molecule has 5 aromatic rings. The number of hydrogen-bond donors (Lipinski definition) is 1. The predicted molar refractivity (Wildman–Crippen MR) is 149 cm³/mol. The molecule has 0 aliphatic rings.